The number of para-hydroxylation sites is 1. The van der Waals surface area contributed by atoms with Gasteiger partial charge in [0.1, 0.15) is 0 Å². The zero-order valence-corrected chi connectivity index (χ0v) is 12.5. The second kappa shape index (κ2) is 6.52. The van der Waals surface area contributed by atoms with Gasteiger partial charge < -0.3 is 4.74 Å². The molecule has 0 amide bonds. The van der Waals surface area contributed by atoms with Crippen LogP contribution in [0.1, 0.15) is 37.8 Å². The van der Waals surface area contributed by atoms with Crippen LogP contribution in [0.3, 0.4) is 0 Å². The number of pyridine rings is 1. The summed E-state index contributed by atoms with van der Waals surface area (Å²) in [6, 6.07) is 10.5. The summed E-state index contributed by atoms with van der Waals surface area (Å²) in [6.07, 6.45) is 5.61. The Morgan fingerprint density at radius 3 is 2.90 bits per heavy atom. The highest BCUT2D eigenvalue weighted by atomic mass is 16.5. The number of rotatable bonds is 6. The number of aromatic nitrogens is 1. The minimum atomic E-state index is 0.149. The minimum absolute atomic E-state index is 0.149. The first kappa shape index (κ1) is 14.4. The van der Waals surface area contributed by atoms with E-state index in [2.05, 4.69) is 41.6 Å². The Morgan fingerprint density at radius 1 is 1.33 bits per heavy atom. The fourth-order valence-corrected chi connectivity index (χ4v) is 3.27. The van der Waals surface area contributed by atoms with Crippen molar-refractivity contribution in [3.8, 4) is 0 Å². The summed E-state index contributed by atoms with van der Waals surface area (Å²) in [5.41, 5.74) is 5.21. The van der Waals surface area contributed by atoms with Gasteiger partial charge in [0.25, 0.3) is 0 Å². The van der Waals surface area contributed by atoms with Crippen LogP contribution in [0.15, 0.2) is 36.5 Å². The molecule has 3 N–H and O–H groups in total. The van der Waals surface area contributed by atoms with E-state index in [0.717, 1.165) is 36.8 Å². The number of benzene rings is 1. The Morgan fingerprint density at radius 2 is 2.14 bits per heavy atom. The Labute approximate surface area is 125 Å². The molecule has 1 aliphatic carbocycles. The highest BCUT2D eigenvalue weighted by Crippen LogP contribution is 2.37. The summed E-state index contributed by atoms with van der Waals surface area (Å²) in [5.74, 6) is 6.49. The standard InChI is InChI=1S/C17H23N3O/c1-2-21-14-9-12(10-14)11-16(20-18)15-7-3-5-13-6-4-8-19-17(13)15/h3-8,12,14,16,20H,2,9-11,18H2,1H3. The number of nitrogens with one attached hydrogen (secondary N) is 1. The molecule has 1 fully saturated rings. The van der Waals surface area contributed by atoms with Crippen LogP contribution in [0.4, 0.5) is 0 Å². The van der Waals surface area contributed by atoms with Gasteiger partial charge in [-0.1, -0.05) is 24.3 Å². The van der Waals surface area contributed by atoms with Gasteiger partial charge in [-0.3, -0.25) is 16.3 Å². The van der Waals surface area contributed by atoms with E-state index in [1.54, 1.807) is 0 Å². The molecule has 112 valence electrons. The van der Waals surface area contributed by atoms with Crippen LogP contribution < -0.4 is 11.3 Å². The molecular formula is C17H23N3O. The van der Waals surface area contributed by atoms with E-state index < -0.39 is 0 Å². The van der Waals surface area contributed by atoms with Crippen LogP contribution in [0.5, 0.6) is 0 Å². The lowest BCUT2D eigenvalue weighted by molar-refractivity contribution is -0.0291. The Hall–Kier alpha value is -1.49. The predicted octanol–water partition coefficient (Wildman–Crippen LogP) is 2.94. The van der Waals surface area contributed by atoms with Gasteiger partial charge in [-0.05, 0) is 43.7 Å². The topological polar surface area (TPSA) is 60.2 Å². The third-order valence-electron chi connectivity index (χ3n) is 4.40. The number of nitrogens with zero attached hydrogens (tertiary/aromatic N) is 1. The summed E-state index contributed by atoms with van der Waals surface area (Å²) in [6.45, 7) is 2.86. The summed E-state index contributed by atoms with van der Waals surface area (Å²) >= 11 is 0. The van der Waals surface area contributed by atoms with E-state index in [0.29, 0.717) is 12.0 Å². The first-order chi connectivity index (χ1) is 10.3. The molecule has 0 saturated heterocycles. The molecule has 0 bridgehead atoms. The second-order valence-electron chi connectivity index (χ2n) is 5.79. The largest absolute Gasteiger partial charge is 0.378 e. The third-order valence-corrected chi connectivity index (χ3v) is 4.40. The lowest BCUT2D eigenvalue weighted by Gasteiger charge is -2.37. The zero-order valence-electron chi connectivity index (χ0n) is 12.5. The molecule has 0 aliphatic heterocycles. The van der Waals surface area contributed by atoms with E-state index in [4.69, 9.17) is 10.6 Å². The van der Waals surface area contributed by atoms with Crippen LogP contribution in [0.2, 0.25) is 0 Å². The molecule has 4 nitrogen and oxygen atoms in total. The first-order valence-electron chi connectivity index (χ1n) is 7.73. The molecule has 0 radical (unpaired) electrons. The molecule has 1 aliphatic rings. The van der Waals surface area contributed by atoms with Crippen molar-refractivity contribution >= 4 is 10.9 Å². The third kappa shape index (κ3) is 3.07. The molecule has 2 aromatic rings. The number of fused-ring (bicyclic) bond motifs is 1. The van der Waals surface area contributed by atoms with Crippen molar-refractivity contribution in [3.05, 3.63) is 42.1 Å². The number of hydrogen-bond donors (Lipinski definition) is 2. The molecule has 1 heterocycles. The highest BCUT2D eigenvalue weighted by molar-refractivity contribution is 5.81. The summed E-state index contributed by atoms with van der Waals surface area (Å²) in [5, 5.41) is 1.16. The van der Waals surface area contributed by atoms with Gasteiger partial charge in [-0.2, -0.15) is 0 Å². The number of ether oxygens (including phenoxy) is 1. The van der Waals surface area contributed by atoms with Gasteiger partial charge in [-0.25, -0.2) is 0 Å². The lowest BCUT2D eigenvalue weighted by atomic mass is 9.77. The van der Waals surface area contributed by atoms with E-state index in [1.165, 1.54) is 5.56 Å². The smallest absolute Gasteiger partial charge is 0.0750 e. The van der Waals surface area contributed by atoms with Crippen molar-refractivity contribution in [3.63, 3.8) is 0 Å². The average molecular weight is 285 g/mol. The van der Waals surface area contributed by atoms with Crippen molar-refractivity contribution in [2.75, 3.05) is 6.61 Å². The van der Waals surface area contributed by atoms with Gasteiger partial charge in [0, 0.05) is 24.2 Å². The van der Waals surface area contributed by atoms with Crippen molar-refractivity contribution < 1.29 is 4.74 Å². The van der Waals surface area contributed by atoms with Crippen LogP contribution in [-0.4, -0.2) is 17.7 Å². The second-order valence-corrected chi connectivity index (χ2v) is 5.79. The molecule has 1 saturated carbocycles. The fourth-order valence-electron chi connectivity index (χ4n) is 3.27. The van der Waals surface area contributed by atoms with E-state index in [9.17, 15) is 0 Å². The SMILES string of the molecule is CCOC1CC(CC(NN)c2cccc3cccnc23)C1. The number of nitrogens with two attached hydrogens (primary N) is 1. The molecule has 0 spiro atoms. The predicted molar refractivity (Wildman–Crippen MR) is 84.6 cm³/mol. The lowest BCUT2D eigenvalue weighted by Crippen LogP contribution is -2.36. The van der Waals surface area contributed by atoms with E-state index in [1.807, 2.05) is 12.3 Å². The summed E-state index contributed by atoms with van der Waals surface area (Å²) in [4.78, 5) is 4.53. The molecule has 21 heavy (non-hydrogen) atoms. The molecule has 3 rings (SSSR count). The molecule has 4 heteroatoms. The van der Waals surface area contributed by atoms with Gasteiger partial charge in [0.2, 0.25) is 0 Å². The van der Waals surface area contributed by atoms with Crippen LogP contribution >= 0.6 is 0 Å². The van der Waals surface area contributed by atoms with Crippen molar-refractivity contribution in [2.45, 2.75) is 38.3 Å². The van der Waals surface area contributed by atoms with Crippen LogP contribution in [0.25, 0.3) is 10.9 Å². The Kier molecular flexibility index (Phi) is 4.48. The van der Waals surface area contributed by atoms with E-state index >= 15 is 0 Å². The summed E-state index contributed by atoms with van der Waals surface area (Å²) < 4.78 is 5.64. The van der Waals surface area contributed by atoms with Gasteiger partial charge in [0.15, 0.2) is 0 Å². The molecule has 1 unspecified atom stereocenters. The fraction of sp³-hybridized carbons (Fsp3) is 0.471. The first-order valence-corrected chi connectivity index (χ1v) is 7.73. The quantitative estimate of drug-likeness (QED) is 0.633. The van der Waals surface area contributed by atoms with Crippen LogP contribution in [0, 0.1) is 5.92 Å². The molecule has 1 aromatic heterocycles. The van der Waals surface area contributed by atoms with Crippen molar-refractivity contribution in [1.29, 1.82) is 0 Å². The Balaban J connectivity index is 1.74. The summed E-state index contributed by atoms with van der Waals surface area (Å²) in [7, 11) is 0. The van der Waals surface area contributed by atoms with Crippen molar-refractivity contribution in [1.82, 2.24) is 10.4 Å². The normalized spacial score (nSPS) is 23.0. The van der Waals surface area contributed by atoms with Gasteiger partial charge in [-0.15, -0.1) is 0 Å². The van der Waals surface area contributed by atoms with Crippen LogP contribution in [-0.2, 0) is 4.74 Å². The maximum Gasteiger partial charge on any atom is 0.0750 e. The maximum absolute atomic E-state index is 5.81. The maximum atomic E-state index is 5.81. The molecule has 1 aromatic carbocycles. The number of hydrazine groups is 1. The minimum Gasteiger partial charge on any atom is -0.378 e. The monoisotopic (exact) mass is 285 g/mol. The molecule has 1 atom stereocenters. The number of hydrogen-bond acceptors (Lipinski definition) is 4. The van der Waals surface area contributed by atoms with Crippen molar-refractivity contribution in [2.24, 2.45) is 11.8 Å². The Bertz CT molecular complexity index is 590. The zero-order chi connectivity index (χ0) is 14.7. The molecular weight excluding hydrogens is 262 g/mol. The van der Waals surface area contributed by atoms with Gasteiger partial charge in [0.05, 0.1) is 11.6 Å². The van der Waals surface area contributed by atoms with E-state index in [-0.39, 0.29) is 6.04 Å². The average Bonchev–Trinajstić information content (AvgIpc) is 2.49. The highest BCUT2D eigenvalue weighted by Gasteiger charge is 2.32. The van der Waals surface area contributed by atoms with Gasteiger partial charge >= 0.3 is 0 Å².